The van der Waals surface area contributed by atoms with Crippen LogP contribution >= 0.6 is 11.8 Å². The van der Waals surface area contributed by atoms with Crippen LogP contribution in [0.1, 0.15) is 30.5 Å². The molecule has 18 heavy (non-hydrogen) atoms. The number of thioether (sulfide) groups is 1. The fourth-order valence-electron chi connectivity index (χ4n) is 1.76. The third-order valence-electron chi connectivity index (χ3n) is 2.74. The Labute approximate surface area is 112 Å². The van der Waals surface area contributed by atoms with Gasteiger partial charge in [0.05, 0.1) is 6.20 Å². The van der Waals surface area contributed by atoms with E-state index in [1.165, 1.54) is 12.0 Å². The molecule has 0 saturated heterocycles. The van der Waals surface area contributed by atoms with Crippen LogP contribution in [0.3, 0.4) is 0 Å². The summed E-state index contributed by atoms with van der Waals surface area (Å²) in [5.41, 5.74) is 8.68. The molecule has 0 radical (unpaired) electrons. The van der Waals surface area contributed by atoms with Crippen LogP contribution < -0.4 is 5.73 Å². The molecule has 0 saturated carbocycles. The van der Waals surface area contributed by atoms with Crippen LogP contribution in [0.25, 0.3) is 0 Å². The smallest absolute Gasteiger partial charge is 0.255 e. The van der Waals surface area contributed by atoms with E-state index in [2.05, 4.69) is 36.2 Å². The second-order valence-corrected chi connectivity index (χ2v) is 5.18. The zero-order chi connectivity index (χ0) is 12.8. The maximum absolute atomic E-state index is 6.15. The number of nitrogens with two attached hydrogens (primary N) is 1. The van der Waals surface area contributed by atoms with Gasteiger partial charge in [0.2, 0.25) is 0 Å². The maximum Gasteiger partial charge on any atom is 0.255 e. The first-order chi connectivity index (χ1) is 8.79. The fraction of sp³-hybridized carbons (Fsp3) is 0.357. The van der Waals surface area contributed by atoms with Gasteiger partial charge in [-0.2, -0.15) is 0 Å². The van der Waals surface area contributed by atoms with Gasteiger partial charge in [-0.3, -0.25) is 0 Å². The van der Waals surface area contributed by atoms with Crippen LogP contribution in [0.2, 0.25) is 0 Å². The van der Waals surface area contributed by atoms with E-state index >= 15 is 0 Å². The molecule has 2 aromatic rings. The molecule has 1 aromatic carbocycles. The maximum atomic E-state index is 6.15. The number of hydrogen-bond donors (Lipinski definition) is 1. The summed E-state index contributed by atoms with van der Waals surface area (Å²) in [6.07, 6.45) is 5.52. The highest BCUT2D eigenvalue weighted by Crippen LogP contribution is 2.22. The number of benzene rings is 1. The van der Waals surface area contributed by atoms with Gasteiger partial charge in [0.25, 0.3) is 5.22 Å². The molecule has 2 N–H and O–H groups in total. The summed E-state index contributed by atoms with van der Waals surface area (Å²) in [5.74, 6) is 0.771. The molecule has 1 heterocycles. The van der Waals surface area contributed by atoms with E-state index in [9.17, 15) is 0 Å². The molecule has 0 bridgehead atoms. The minimum atomic E-state index is 0.0116. The van der Waals surface area contributed by atoms with Crippen molar-refractivity contribution in [1.82, 2.24) is 4.98 Å². The van der Waals surface area contributed by atoms with E-state index in [1.807, 2.05) is 0 Å². The summed E-state index contributed by atoms with van der Waals surface area (Å²) in [6.45, 7) is 2.19. The van der Waals surface area contributed by atoms with Crippen molar-refractivity contribution in [2.45, 2.75) is 31.0 Å². The van der Waals surface area contributed by atoms with Gasteiger partial charge < -0.3 is 10.2 Å². The predicted molar refractivity (Wildman–Crippen MR) is 74.6 cm³/mol. The third-order valence-corrected chi connectivity index (χ3v) is 3.72. The molecule has 0 spiro atoms. The fourth-order valence-corrected chi connectivity index (χ4v) is 2.53. The Morgan fingerprint density at radius 1 is 1.33 bits per heavy atom. The van der Waals surface area contributed by atoms with Gasteiger partial charge in [0.15, 0.2) is 0 Å². The average molecular weight is 262 g/mol. The Kier molecular flexibility index (Phi) is 4.84. The molecular formula is C14H18N2OS. The number of aromatic nitrogens is 1. The molecular weight excluding hydrogens is 244 g/mol. The van der Waals surface area contributed by atoms with E-state index in [0.29, 0.717) is 5.22 Å². The first-order valence-electron chi connectivity index (χ1n) is 6.16. The van der Waals surface area contributed by atoms with Gasteiger partial charge in [-0.1, -0.05) is 49.4 Å². The summed E-state index contributed by atoms with van der Waals surface area (Å²) in [6, 6.07) is 8.57. The number of nitrogens with zero attached hydrogens (tertiary/aromatic N) is 1. The van der Waals surface area contributed by atoms with Crippen LogP contribution in [0.5, 0.6) is 0 Å². The number of hydrogen-bond acceptors (Lipinski definition) is 4. The van der Waals surface area contributed by atoms with Crippen molar-refractivity contribution >= 4 is 11.8 Å². The van der Waals surface area contributed by atoms with Crippen LogP contribution in [0.4, 0.5) is 0 Å². The number of oxazole rings is 1. The van der Waals surface area contributed by atoms with E-state index in [0.717, 1.165) is 17.7 Å². The summed E-state index contributed by atoms with van der Waals surface area (Å²) in [4.78, 5) is 4.06. The molecule has 1 aromatic heterocycles. The van der Waals surface area contributed by atoms with Crippen LogP contribution in [-0.2, 0) is 6.42 Å². The molecule has 0 aliphatic heterocycles. The second kappa shape index (κ2) is 6.61. The standard InChI is InChI=1S/C14H18N2OS/c1-2-3-11-4-6-12(7-5-11)13(15)10-18-14-16-8-9-17-14/h4-9,13H,2-3,10,15H2,1H3. The summed E-state index contributed by atoms with van der Waals surface area (Å²) in [5, 5.41) is 0.674. The Bertz CT molecular complexity index is 453. The Balaban J connectivity index is 1.89. The first-order valence-corrected chi connectivity index (χ1v) is 7.15. The molecule has 0 amide bonds. The number of aryl methyl sites for hydroxylation is 1. The minimum Gasteiger partial charge on any atom is -0.440 e. The summed E-state index contributed by atoms with van der Waals surface area (Å²) in [7, 11) is 0. The quantitative estimate of drug-likeness (QED) is 0.810. The van der Waals surface area contributed by atoms with Crippen molar-refractivity contribution in [3.8, 4) is 0 Å². The molecule has 0 fully saturated rings. The van der Waals surface area contributed by atoms with Gasteiger partial charge >= 0.3 is 0 Å². The zero-order valence-corrected chi connectivity index (χ0v) is 11.3. The van der Waals surface area contributed by atoms with Crippen LogP contribution in [-0.4, -0.2) is 10.7 Å². The van der Waals surface area contributed by atoms with E-state index in [-0.39, 0.29) is 6.04 Å². The van der Waals surface area contributed by atoms with Gasteiger partial charge in [0, 0.05) is 11.8 Å². The molecule has 1 atom stereocenters. The van der Waals surface area contributed by atoms with Crippen LogP contribution in [0.15, 0.2) is 46.4 Å². The normalized spacial score (nSPS) is 12.6. The lowest BCUT2D eigenvalue weighted by Gasteiger charge is -2.11. The van der Waals surface area contributed by atoms with Crippen molar-refractivity contribution in [2.75, 3.05) is 5.75 Å². The lowest BCUT2D eigenvalue weighted by atomic mass is 10.0. The van der Waals surface area contributed by atoms with E-state index in [1.54, 1.807) is 24.2 Å². The topological polar surface area (TPSA) is 52.0 Å². The molecule has 3 nitrogen and oxygen atoms in total. The Hall–Kier alpha value is -1.26. The summed E-state index contributed by atoms with van der Waals surface area (Å²) >= 11 is 1.54. The van der Waals surface area contributed by atoms with Gasteiger partial charge in [-0.25, -0.2) is 4.98 Å². The van der Waals surface area contributed by atoms with Crippen molar-refractivity contribution in [1.29, 1.82) is 0 Å². The third kappa shape index (κ3) is 3.62. The highest BCUT2D eigenvalue weighted by Gasteiger charge is 2.08. The van der Waals surface area contributed by atoms with E-state index in [4.69, 9.17) is 10.2 Å². The Morgan fingerprint density at radius 3 is 2.72 bits per heavy atom. The molecule has 0 aliphatic carbocycles. The van der Waals surface area contributed by atoms with Gasteiger partial charge in [0.1, 0.15) is 6.26 Å². The highest BCUT2D eigenvalue weighted by atomic mass is 32.2. The zero-order valence-electron chi connectivity index (χ0n) is 10.5. The van der Waals surface area contributed by atoms with Crippen LogP contribution in [0, 0.1) is 0 Å². The predicted octanol–water partition coefficient (Wildman–Crippen LogP) is 3.42. The van der Waals surface area contributed by atoms with Crippen molar-refractivity contribution < 1.29 is 4.42 Å². The van der Waals surface area contributed by atoms with Crippen molar-refractivity contribution in [2.24, 2.45) is 5.73 Å². The molecule has 1 unspecified atom stereocenters. The minimum absolute atomic E-state index is 0.0116. The van der Waals surface area contributed by atoms with Crippen molar-refractivity contribution in [3.05, 3.63) is 47.9 Å². The van der Waals surface area contributed by atoms with Gasteiger partial charge in [-0.15, -0.1) is 0 Å². The largest absolute Gasteiger partial charge is 0.440 e. The number of rotatable bonds is 6. The monoisotopic (exact) mass is 262 g/mol. The lowest BCUT2D eigenvalue weighted by Crippen LogP contribution is -2.12. The molecule has 96 valence electrons. The lowest BCUT2D eigenvalue weighted by molar-refractivity contribution is 0.454. The molecule has 0 aliphatic rings. The highest BCUT2D eigenvalue weighted by molar-refractivity contribution is 7.99. The molecule has 2 rings (SSSR count). The van der Waals surface area contributed by atoms with Gasteiger partial charge in [-0.05, 0) is 17.5 Å². The average Bonchev–Trinajstić information content (AvgIpc) is 2.90. The first kappa shape index (κ1) is 13.2. The SMILES string of the molecule is CCCc1ccc(C(N)CSc2ncco2)cc1. The van der Waals surface area contributed by atoms with E-state index < -0.39 is 0 Å². The molecule has 4 heteroatoms. The second-order valence-electron chi connectivity index (χ2n) is 4.21. The summed E-state index contributed by atoms with van der Waals surface area (Å²) < 4.78 is 5.17. The van der Waals surface area contributed by atoms with Crippen molar-refractivity contribution in [3.63, 3.8) is 0 Å². The Morgan fingerprint density at radius 2 is 2.11 bits per heavy atom.